The molecule has 0 aromatic rings. The van der Waals surface area contributed by atoms with Gasteiger partial charge < -0.3 is 0 Å². The number of hydrogen-bond acceptors (Lipinski definition) is 2. The van der Waals surface area contributed by atoms with Gasteiger partial charge in [-0.3, -0.25) is 4.79 Å². The van der Waals surface area contributed by atoms with Gasteiger partial charge in [0, 0.05) is 12.8 Å². The maximum Gasteiger partial charge on any atom is 0.134 e. The number of hydrogen-bond donors (Lipinski definition) is 0. The van der Waals surface area contributed by atoms with E-state index in [2.05, 4.69) is 19.9 Å². The average molecular weight is 179 g/mol. The van der Waals surface area contributed by atoms with E-state index in [1.807, 2.05) is 6.92 Å². The first kappa shape index (κ1) is 10.2. The minimum absolute atomic E-state index is 0.258. The van der Waals surface area contributed by atoms with E-state index in [1.54, 1.807) is 0 Å². The lowest BCUT2D eigenvalue weighted by Crippen LogP contribution is -2.32. The van der Waals surface area contributed by atoms with E-state index in [-0.39, 0.29) is 5.78 Å². The Kier molecular flexibility index (Phi) is 2.75. The van der Waals surface area contributed by atoms with Crippen LogP contribution in [0.2, 0.25) is 0 Å². The summed E-state index contributed by atoms with van der Waals surface area (Å²) in [5.41, 5.74) is -0.399. The monoisotopic (exact) mass is 179 g/mol. The Morgan fingerprint density at radius 1 is 1.62 bits per heavy atom. The maximum atomic E-state index is 11.4. The fourth-order valence-corrected chi connectivity index (χ4v) is 2.08. The molecule has 0 heterocycles. The fourth-order valence-electron chi connectivity index (χ4n) is 2.08. The molecule has 1 saturated carbocycles. The van der Waals surface area contributed by atoms with Crippen LogP contribution in [0.25, 0.3) is 0 Å². The zero-order valence-corrected chi connectivity index (χ0v) is 8.63. The van der Waals surface area contributed by atoms with Gasteiger partial charge in [0.1, 0.15) is 5.78 Å². The van der Waals surface area contributed by atoms with E-state index >= 15 is 0 Å². The van der Waals surface area contributed by atoms with E-state index in [4.69, 9.17) is 5.26 Å². The van der Waals surface area contributed by atoms with Gasteiger partial charge in [0.2, 0.25) is 0 Å². The fraction of sp³-hybridized carbons (Fsp3) is 0.818. The van der Waals surface area contributed by atoms with Crippen molar-refractivity contribution in [3.63, 3.8) is 0 Å². The van der Waals surface area contributed by atoms with Crippen molar-refractivity contribution in [3.05, 3.63) is 0 Å². The highest BCUT2D eigenvalue weighted by Crippen LogP contribution is 2.39. The van der Waals surface area contributed by atoms with Crippen molar-refractivity contribution in [2.24, 2.45) is 17.3 Å². The Bertz CT molecular complexity index is 251. The molecule has 0 saturated heterocycles. The lowest BCUT2D eigenvalue weighted by Gasteiger charge is -2.33. The summed E-state index contributed by atoms with van der Waals surface area (Å²) < 4.78 is 0. The number of carbonyl (C=O) groups excluding carboxylic acids is 1. The molecule has 1 aliphatic carbocycles. The second kappa shape index (κ2) is 3.49. The molecule has 1 rings (SSSR count). The van der Waals surface area contributed by atoms with Gasteiger partial charge in [-0.05, 0) is 25.2 Å². The third-order valence-corrected chi connectivity index (χ3v) is 3.00. The molecule has 0 aliphatic heterocycles. The minimum Gasteiger partial charge on any atom is -0.300 e. The van der Waals surface area contributed by atoms with Crippen LogP contribution in [0.1, 0.15) is 40.0 Å². The topological polar surface area (TPSA) is 40.9 Å². The highest BCUT2D eigenvalue weighted by molar-refractivity contribution is 5.80. The van der Waals surface area contributed by atoms with Crippen LogP contribution in [0.5, 0.6) is 0 Å². The van der Waals surface area contributed by atoms with Crippen LogP contribution in [0.3, 0.4) is 0 Å². The molecule has 2 unspecified atom stereocenters. The summed E-state index contributed by atoms with van der Waals surface area (Å²) in [6.07, 6.45) is 2.01. The van der Waals surface area contributed by atoms with Crippen molar-refractivity contribution in [1.82, 2.24) is 0 Å². The van der Waals surface area contributed by atoms with Crippen LogP contribution >= 0.6 is 0 Å². The highest BCUT2D eigenvalue weighted by atomic mass is 16.1. The van der Waals surface area contributed by atoms with Crippen LogP contribution in [0.15, 0.2) is 0 Å². The molecule has 2 atom stereocenters. The van der Waals surface area contributed by atoms with Gasteiger partial charge in [-0.15, -0.1) is 0 Å². The lowest BCUT2D eigenvalue weighted by atomic mass is 9.68. The summed E-state index contributed by atoms with van der Waals surface area (Å²) in [4.78, 5) is 11.4. The molecular formula is C11H17NO. The summed E-state index contributed by atoms with van der Waals surface area (Å²) in [6, 6.07) is 2.27. The van der Waals surface area contributed by atoms with E-state index in [0.717, 1.165) is 6.42 Å². The second-order valence-electron chi connectivity index (χ2n) is 4.80. The zero-order chi connectivity index (χ0) is 10.1. The maximum absolute atomic E-state index is 11.4. The van der Waals surface area contributed by atoms with Crippen molar-refractivity contribution in [2.75, 3.05) is 0 Å². The number of nitriles is 1. The third-order valence-electron chi connectivity index (χ3n) is 3.00. The molecule has 1 aliphatic rings. The lowest BCUT2D eigenvalue weighted by molar-refractivity contribution is -0.124. The molecule has 0 radical (unpaired) electrons. The molecule has 2 nitrogen and oxygen atoms in total. The first-order valence-electron chi connectivity index (χ1n) is 4.90. The summed E-state index contributed by atoms with van der Waals surface area (Å²) in [5.74, 6) is 1.18. The second-order valence-corrected chi connectivity index (χ2v) is 4.80. The SMILES string of the molecule is CC(C)C1CC(=O)CC(C)(C#N)C1. The van der Waals surface area contributed by atoms with Crippen molar-refractivity contribution < 1.29 is 4.79 Å². The molecule has 1 fully saturated rings. The first-order valence-corrected chi connectivity index (χ1v) is 4.90. The molecule has 0 aromatic heterocycles. The van der Waals surface area contributed by atoms with Crippen LogP contribution in [-0.2, 0) is 4.79 Å². The first-order chi connectivity index (χ1) is 5.97. The molecule has 0 aromatic carbocycles. The van der Waals surface area contributed by atoms with Crippen LogP contribution in [0.4, 0.5) is 0 Å². The average Bonchev–Trinajstić information content (AvgIpc) is 2.03. The Labute approximate surface area is 79.9 Å². The highest BCUT2D eigenvalue weighted by Gasteiger charge is 2.37. The number of Topliss-reactive ketones (excluding diaryl/α,β-unsaturated/α-hetero) is 1. The zero-order valence-electron chi connectivity index (χ0n) is 8.63. The smallest absolute Gasteiger partial charge is 0.134 e. The van der Waals surface area contributed by atoms with E-state index < -0.39 is 5.41 Å². The third kappa shape index (κ3) is 2.30. The van der Waals surface area contributed by atoms with Crippen LogP contribution < -0.4 is 0 Å². The summed E-state index contributed by atoms with van der Waals surface area (Å²) in [5, 5.41) is 8.97. The number of rotatable bonds is 1. The van der Waals surface area contributed by atoms with Crippen LogP contribution in [-0.4, -0.2) is 5.78 Å². The standard InChI is InChI=1S/C11H17NO/c1-8(2)9-4-10(13)6-11(3,5-9)7-12/h8-9H,4-6H2,1-3H3. The Morgan fingerprint density at radius 3 is 2.69 bits per heavy atom. The van der Waals surface area contributed by atoms with Gasteiger partial charge in [0.15, 0.2) is 0 Å². The van der Waals surface area contributed by atoms with Gasteiger partial charge in [0.05, 0.1) is 11.5 Å². The largest absolute Gasteiger partial charge is 0.300 e. The predicted molar refractivity (Wildman–Crippen MR) is 50.9 cm³/mol. The van der Waals surface area contributed by atoms with E-state index in [9.17, 15) is 4.79 Å². The number of nitrogens with zero attached hydrogens (tertiary/aromatic N) is 1. The Hall–Kier alpha value is -0.840. The van der Waals surface area contributed by atoms with Gasteiger partial charge in [-0.2, -0.15) is 5.26 Å². The molecule has 2 heteroatoms. The van der Waals surface area contributed by atoms with Gasteiger partial charge in [-0.25, -0.2) is 0 Å². The van der Waals surface area contributed by atoms with Crippen molar-refractivity contribution >= 4 is 5.78 Å². The van der Waals surface area contributed by atoms with Crippen molar-refractivity contribution in [2.45, 2.75) is 40.0 Å². The number of ketones is 1. The summed E-state index contributed by atoms with van der Waals surface area (Å²) in [7, 11) is 0. The van der Waals surface area contributed by atoms with Crippen LogP contribution in [0, 0.1) is 28.6 Å². The van der Waals surface area contributed by atoms with Crippen molar-refractivity contribution in [1.29, 1.82) is 5.26 Å². The molecular weight excluding hydrogens is 162 g/mol. The normalized spacial score (nSPS) is 34.7. The molecule has 13 heavy (non-hydrogen) atoms. The van der Waals surface area contributed by atoms with E-state index in [0.29, 0.717) is 24.7 Å². The van der Waals surface area contributed by atoms with E-state index in [1.165, 1.54) is 0 Å². The van der Waals surface area contributed by atoms with Gasteiger partial charge >= 0.3 is 0 Å². The summed E-state index contributed by atoms with van der Waals surface area (Å²) >= 11 is 0. The molecule has 0 N–H and O–H groups in total. The Balaban J connectivity index is 2.75. The number of carbonyl (C=O) groups is 1. The predicted octanol–water partition coefficient (Wildman–Crippen LogP) is 2.54. The van der Waals surface area contributed by atoms with Gasteiger partial charge in [0.25, 0.3) is 0 Å². The molecule has 0 bridgehead atoms. The molecule has 0 spiro atoms. The quantitative estimate of drug-likeness (QED) is 0.620. The summed E-state index contributed by atoms with van der Waals surface area (Å²) in [6.45, 7) is 6.15. The minimum atomic E-state index is -0.399. The molecule has 0 amide bonds. The van der Waals surface area contributed by atoms with Gasteiger partial charge in [-0.1, -0.05) is 13.8 Å². The molecule has 72 valence electrons. The van der Waals surface area contributed by atoms with Crippen molar-refractivity contribution in [3.8, 4) is 6.07 Å². The Morgan fingerprint density at radius 2 is 2.23 bits per heavy atom.